The van der Waals surface area contributed by atoms with Crippen molar-refractivity contribution in [2.45, 2.75) is 6.92 Å². The molecule has 0 saturated carbocycles. The van der Waals surface area contributed by atoms with Crippen molar-refractivity contribution < 1.29 is 14.3 Å². The molecular formula is C15H22N2O3. The minimum absolute atomic E-state index is 0.107. The molecule has 5 nitrogen and oxygen atoms in total. The van der Waals surface area contributed by atoms with Crippen molar-refractivity contribution in [3.8, 4) is 0 Å². The van der Waals surface area contributed by atoms with E-state index >= 15 is 0 Å². The number of hydrogen-bond donors (Lipinski definition) is 0. The van der Waals surface area contributed by atoms with Gasteiger partial charge in [-0.25, -0.2) is 0 Å². The third-order valence-corrected chi connectivity index (χ3v) is 3.11. The summed E-state index contributed by atoms with van der Waals surface area (Å²) in [5, 5.41) is 0. The van der Waals surface area contributed by atoms with Crippen LogP contribution >= 0.6 is 0 Å². The maximum atomic E-state index is 12.3. The standard InChI is InChI=1S/C15H22N2O3/c1-11(15(19)20-5)10-17(4)14(18)12-7-6-8-13(9-12)16(2)3/h6-9,11H,10H2,1-5H3. The van der Waals surface area contributed by atoms with Gasteiger partial charge in [-0.3, -0.25) is 9.59 Å². The molecule has 0 aliphatic carbocycles. The molecule has 1 aromatic rings. The number of nitrogens with zero attached hydrogens (tertiary/aromatic N) is 2. The van der Waals surface area contributed by atoms with Gasteiger partial charge in [0, 0.05) is 38.9 Å². The fraction of sp³-hybridized carbons (Fsp3) is 0.467. The van der Waals surface area contributed by atoms with E-state index in [9.17, 15) is 9.59 Å². The number of methoxy groups -OCH3 is 1. The molecule has 0 heterocycles. The largest absolute Gasteiger partial charge is 0.469 e. The predicted octanol–water partition coefficient (Wildman–Crippen LogP) is 1.63. The second-order valence-corrected chi connectivity index (χ2v) is 5.05. The summed E-state index contributed by atoms with van der Waals surface area (Å²) in [4.78, 5) is 27.2. The predicted molar refractivity (Wildman–Crippen MR) is 78.9 cm³/mol. The second kappa shape index (κ2) is 6.93. The lowest BCUT2D eigenvalue weighted by molar-refractivity contribution is -0.145. The Morgan fingerprint density at radius 3 is 2.45 bits per heavy atom. The molecule has 20 heavy (non-hydrogen) atoms. The number of anilines is 1. The van der Waals surface area contributed by atoms with Crippen molar-refractivity contribution in [1.29, 1.82) is 0 Å². The maximum absolute atomic E-state index is 12.3. The van der Waals surface area contributed by atoms with Gasteiger partial charge >= 0.3 is 5.97 Å². The van der Waals surface area contributed by atoms with Crippen LogP contribution in [0.1, 0.15) is 17.3 Å². The lowest BCUT2D eigenvalue weighted by atomic mass is 10.1. The monoisotopic (exact) mass is 278 g/mol. The zero-order valence-corrected chi connectivity index (χ0v) is 12.7. The fourth-order valence-corrected chi connectivity index (χ4v) is 1.91. The first kappa shape index (κ1) is 16.0. The zero-order chi connectivity index (χ0) is 15.3. The number of amides is 1. The van der Waals surface area contributed by atoms with Crippen molar-refractivity contribution >= 4 is 17.6 Å². The third kappa shape index (κ3) is 3.98. The van der Waals surface area contributed by atoms with Gasteiger partial charge in [0.15, 0.2) is 0 Å². The van der Waals surface area contributed by atoms with Crippen LogP contribution in [0, 0.1) is 5.92 Å². The highest BCUT2D eigenvalue weighted by molar-refractivity contribution is 5.95. The van der Waals surface area contributed by atoms with Crippen molar-refractivity contribution in [3.63, 3.8) is 0 Å². The van der Waals surface area contributed by atoms with Crippen LogP contribution in [-0.4, -0.2) is 51.6 Å². The van der Waals surface area contributed by atoms with E-state index in [-0.39, 0.29) is 17.8 Å². The van der Waals surface area contributed by atoms with E-state index in [1.165, 1.54) is 12.0 Å². The molecule has 5 heteroatoms. The third-order valence-electron chi connectivity index (χ3n) is 3.11. The van der Waals surface area contributed by atoms with Gasteiger partial charge in [-0.2, -0.15) is 0 Å². The molecule has 0 fully saturated rings. The topological polar surface area (TPSA) is 49.9 Å². The molecule has 1 atom stereocenters. The Labute approximate surface area is 120 Å². The number of rotatable bonds is 5. The van der Waals surface area contributed by atoms with Crippen LogP contribution in [0.25, 0.3) is 0 Å². The van der Waals surface area contributed by atoms with Gasteiger partial charge in [-0.1, -0.05) is 13.0 Å². The Bertz CT molecular complexity index is 486. The van der Waals surface area contributed by atoms with Crippen LogP contribution < -0.4 is 4.90 Å². The van der Waals surface area contributed by atoms with Crippen LogP contribution in [0.2, 0.25) is 0 Å². The van der Waals surface area contributed by atoms with E-state index in [0.717, 1.165) is 5.69 Å². The van der Waals surface area contributed by atoms with E-state index in [4.69, 9.17) is 0 Å². The summed E-state index contributed by atoms with van der Waals surface area (Å²) in [6, 6.07) is 7.39. The molecule has 1 aromatic carbocycles. The molecule has 0 radical (unpaired) electrons. The first-order valence-corrected chi connectivity index (χ1v) is 6.47. The molecule has 1 amide bonds. The minimum Gasteiger partial charge on any atom is -0.469 e. The minimum atomic E-state index is -0.342. The van der Waals surface area contributed by atoms with Gasteiger partial charge in [0.05, 0.1) is 13.0 Å². The summed E-state index contributed by atoms with van der Waals surface area (Å²) in [7, 11) is 6.88. The summed E-state index contributed by atoms with van der Waals surface area (Å²) in [6.07, 6.45) is 0. The molecule has 0 saturated heterocycles. The Morgan fingerprint density at radius 2 is 1.90 bits per heavy atom. The lowest BCUT2D eigenvalue weighted by Crippen LogP contribution is -2.34. The number of ether oxygens (including phenoxy) is 1. The first-order valence-electron chi connectivity index (χ1n) is 6.47. The molecule has 0 spiro atoms. The Morgan fingerprint density at radius 1 is 1.25 bits per heavy atom. The molecule has 0 N–H and O–H groups in total. The number of carbonyl (C=O) groups is 2. The van der Waals surface area contributed by atoms with Crippen molar-refractivity contribution in [3.05, 3.63) is 29.8 Å². The summed E-state index contributed by atoms with van der Waals surface area (Å²) in [5.41, 5.74) is 1.57. The van der Waals surface area contributed by atoms with Gasteiger partial charge in [0.2, 0.25) is 0 Å². The van der Waals surface area contributed by atoms with E-state index in [2.05, 4.69) is 4.74 Å². The molecule has 110 valence electrons. The highest BCUT2D eigenvalue weighted by Gasteiger charge is 2.19. The average molecular weight is 278 g/mol. The summed E-state index contributed by atoms with van der Waals surface area (Å²) < 4.78 is 4.67. The smallest absolute Gasteiger partial charge is 0.310 e. The first-order chi connectivity index (χ1) is 9.36. The second-order valence-electron chi connectivity index (χ2n) is 5.05. The summed E-state index contributed by atoms with van der Waals surface area (Å²) in [6.45, 7) is 2.07. The number of benzene rings is 1. The lowest BCUT2D eigenvalue weighted by Gasteiger charge is -2.21. The van der Waals surface area contributed by atoms with Crippen LogP contribution in [0.15, 0.2) is 24.3 Å². The Hall–Kier alpha value is -2.04. The highest BCUT2D eigenvalue weighted by atomic mass is 16.5. The van der Waals surface area contributed by atoms with E-state index in [1.807, 2.05) is 37.2 Å². The van der Waals surface area contributed by atoms with Gasteiger partial charge in [0.1, 0.15) is 0 Å². The SMILES string of the molecule is COC(=O)C(C)CN(C)C(=O)c1cccc(N(C)C)c1. The Kier molecular flexibility index (Phi) is 5.55. The quantitative estimate of drug-likeness (QED) is 0.768. The number of esters is 1. The van der Waals surface area contributed by atoms with E-state index in [1.54, 1.807) is 20.0 Å². The molecule has 0 aliphatic rings. The number of carbonyl (C=O) groups excluding carboxylic acids is 2. The van der Waals surface area contributed by atoms with Crippen LogP contribution in [0.3, 0.4) is 0 Å². The molecule has 0 aliphatic heterocycles. The van der Waals surface area contributed by atoms with Gasteiger partial charge < -0.3 is 14.5 Å². The summed E-state index contributed by atoms with van der Waals surface area (Å²) in [5.74, 6) is -0.762. The molecule has 1 rings (SSSR count). The molecule has 0 bridgehead atoms. The van der Waals surface area contributed by atoms with Crippen molar-refractivity contribution in [1.82, 2.24) is 4.90 Å². The molecule has 1 unspecified atom stereocenters. The van der Waals surface area contributed by atoms with E-state index < -0.39 is 0 Å². The van der Waals surface area contributed by atoms with Crippen LogP contribution in [0.4, 0.5) is 5.69 Å². The zero-order valence-electron chi connectivity index (χ0n) is 12.7. The van der Waals surface area contributed by atoms with Crippen LogP contribution in [0.5, 0.6) is 0 Å². The van der Waals surface area contributed by atoms with Gasteiger partial charge in [0.25, 0.3) is 5.91 Å². The molecular weight excluding hydrogens is 256 g/mol. The average Bonchev–Trinajstić information content (AvgIpc) is 2.45. The Balaban J connectivity index is 2.79. The van der Waals surface area contributed by atoms with E-state index in [0.29, 0.717) is 12.1 Å². The van der Waals surface area contributed by atoms with Crippen molar-refractivity contribution in [2.24, 2.45) is 5.92 Å². The van der Waals surface area contributed by atoms with Crippen LogP contribution in [-0.2, 0) is 9.53 Å². The van der Waals surface area contributed by atoms with Crippen molar-refractivity contribution in [2.75, 3.05) is 39.7 Å². The summed E-state index contributed by atoms with van der Waals surface area (Å²) >= 11 is 0. The molecule has 0 aromatic heterocycles. The highest BCUT2D eigenvalue weighted by Crippen LogP contribution is 2.15. The van der Waals surface area contributed by atoms with Gasteiger partial charge in [-0.05, 0) is 18.2 Å². The fourth-order valence-electron chi connectivity index (χ4n) is 1.91. The normalized spacial score (nSPS) is 11.7. The number of hydrogen-bond acceptors (Lipinski definition) is 4. The maximum Gasteiger partial charge on any atom is 0.310 e. The van der Waals surface area contributed by atoms with Gasteiger partial charge in [-0.15, -0.1) is 0 Å².